The van der Waals surface area contributed by atoms with Crippen molar-refractivity contribution in [2.24, 2.45) is 0 Å². The average molecular weight is 263 g/mol. The normalized spacial score (nSPS) is 12.6. The molecule has 0 unspecified atom stereocenters. The predicted molar refractivity (Wildman–Crippen MR) is 70.1 cm³/mol. The molecule has 1 aromatic heterocycles. The van der Waals surface area contributed by atoms with Crippen LogP contribution in [0.15, 0.2) is 30.5 Å². The number of halogens is 1. The number of aliphatic hydroxyl groups is 1. The third-order valence-electron chi connectivity index (χ3n) is 2.93. The van der Waals surface area contributed by atoms with Gasteiger partial charge in [0.1, 0.15) is 5.82 Å². The van der Waals surface area contributed by atoms with Crippen molar-refractivity contribution in [3.05, 3.63) is 47.5 Å². The van der Waals surface area contributed by atoms with Crippen LogP contribution >= 0.6 is 0 Å². The molecule has 1 aromatic carbocycles. The van der Waals surface area contributed by atoms with Crippen molar-refractivity contribution >= 4 is 0 Å². The number of hydrogen-bond acceptors (Lipinski definition) is 3. The predicted octanol–water partition coefficient (Wildman–Crippen LogP) is 2.17. The van der Waals surface area contributed by atoms with Crippen LogP contribution in [0.25, 0.3) is 0 Å². The quantitative estimate of drug-likeness (QED) is 0.869. The molecule has 0 bridgehead atoms. The lowest BCUT2D eigenvalue weighted by Gasteiger charge is -2.02. The van der Waals surface area contributed by atoms with E-state index in [0.29, 0.717) is 12.1 Å². The van der Waals surface area contributed by atoms with E-state index in [1.165, 1.54) is 6.07 Å². The molecule has 1 heterocycles. The van der Waals surface area contributed by atoms with Crippen molar-refractivity contribution in [1.82, 2.24) is 15.0 Å². The molecule has 0 saturated heterocycles. The number of aromatic nitrogens is 3. The third-order valence-corrected chi connectivity index (χ3v) is 2.93. The summed E-state index contributed by atoms with van der Waals surface area (Å²) in [6, 6.07) is 6.65. The molecule has 0 fully saturated rings. The van der Waals surface area contributed by atoms with Crippen LogP contribution in [0.5, 0.6) is 0 Å². The van der Waals surface area contributed by atoms with Crippen LogP contribution in [-0.4, -0.2) is 26.2 Å². The summed E-state index contributed by atoms with van der Waals surface area (Å²) in [6.07, 6.45) is 3.95. The zero-order valence-corrected chi connectivity index (χ0v) is 11.0. The second-order valence-electron chi connectivity index (χ2n) is 4.74. The maximum Gasteiger partial charge on any atom is 0.128 e. The van der Waals surface area contributed by atoms with Crippen molar-refractivity contribution < 1.29 is 9.50 Å². The molecule has 0 saturated carbocycles. The molecule has 1 atom stereocenters. The molecular weight excluding hydrogens is 245 g/mol. The fraction of sp³-hybridized carbons (Fsp3) is 0.429. The van der Waals surface area contributed by atoms with Gasteiger partial charge < -0.3 is 5.11 Å². The highest BCUT2D eigenvalue weighted by Crippen LogP contribution is 2.09. The fourth-order valence-electron chi connectivity index (χ4n) is 1.91. The Hall–Kier alpha value is -1.75. The Bertz CT molecular complexity index is 525. The zero-order valence-electron chi connectivity index (χ0n) is 11.0. The highest BCUT2D eigenvalue weighted by atomic mass is 19.1. The first kappa shape index (κ1) is 13.7. The summed E-state index contributed by atoms with van der Waals surface area (Å²) in [5.41, 5.74) is 1.47. The van der Waals surface area contributed by atoms with Gasteiger partial charge in [0, 0.05) is 11.8 Å². The number of aryl methyl sites for hydroxylation is 1. The van der Waals surface area contributed by atoms with Crippen molar-refractivity contribution in [2.75, 3.05) is 0 Å². The number of benzene rings is 1. The lowest BCUT2D eigenvalue weighted by molar-refractivity contribution is 0.181. The number of aliphatic hydroxyl groups excluding tert-OH is 1. The van der Waals surface area contributed by atoms with Crippen molar-refractivity contribution in [2.45, 2.75) is 38.8 Å². The smallest absolute Gasteiger partial charge is 0.128 e. The topological polar surface area (TPSA) is 50.9 Å². The third kappa shape index (κ3) is 4.13. The highest BCUT2D eigenvalue weighted by molar-refractivity contribution is 5.17. The van der Waals surface area contributed by atoms with Gasteiger partial charge in [0.2, 0.25) is 0 Å². The average Bonchev–Trinajstić information content (AvgIpc) is 2.79. The van der Waals surface area contributed by atoms with Gasteiger partial charge in [-0.3, -0.25) is 0 Å². The monoisotopic (exact) mass is 263 g/mol. The molecular formula is C14H18FN3O. The zero-order chi connectivity index (χ0) is 13.7. The summed E-state index contributed by atoms with van der Waals surface area (Å²) in [5.74, 6) is -0.228. The van der Waals surface area contributed by atoms with Crippen molar-refractivity contribution in [1.29, 1.82) is 0 Å². The Morgan fingerprint density at radius 2 is 2.16 bits per heavy atom. The van der Waals surface area contributed by atoms with Gasteiger partial charge in [-0.05, 0) is 32.3 Å². The summed E-state index contributed by atoms with van der Waals surface area (Å²) in [7, 11) is 0. The summed E-state index contributed by atoms with van der Waals surface area (Å²) in [5, 5.41) is 17.2. The highest BCUT2D eigenvalue weighted by Gasteiger charge is 2.05. The number of nitrogens with zero attached hydrogens (tertiary/aromatic N) is 3. The first-order valence-corrected chi connectivity index (χ1v) is 6.45. The summed E-state index contributed by atoms with van der Waals surface area (Å²) >= 11 is 0. The van der Waals surface area contributed by atoms with Crippen molar-refractivity contribution in [3.8, 4) is 0 Å². The minimum absolute atomic E-state index is 0.228. The van der Waals surface area contributed by atoms with Crippen molar-refractivity contribution in [3.63, 3.8) is 0 Å². The van der Waals surface area contributed by atoms with E-state index >= 15 is 0 Å². The molecule has 0 aliphatic rings. The van der Waals surface area contributed by atoms with E-state index < -0.39 is 0 Å². The van der Waals surface area contributed by atoms with Crippen LogP contribution in [0.4, 0.5) is 4.39 Å². The second kappa shape index (κ2) is 6.43. The lowest BCUT2D eigenvalue weighted by Crippen LogP contribution is -2.02. The summed E-state index contributed by atoms with van der Waals surface area (Å²) in [4.78, 5) is 0. The van der Waals surface area contributed by atoms with Gasteiger partial charge in [-0.1, -0.05) is 23.4 Å². The molecule has 0 amide bonds. The van der Waals surface area contributed by atoms with Gasteiger partial charge in [-0.25, -0.2) is 9.07 Å². The van der Waals surface area contributed by atoms with E-state index in [-0.39, 0.29) is 11.9 Å². The fourth-order valence-corrected chi connectivity index (χ4v) is 1.91. The molecule has 5 heteroatoms. The van der Waals surface area contributed by atoms with E-state index in [1.54, 1.807) is 29.8 Å². The van der Waals surface area contributed by atoms with Gasteiger partial charge in [0.25, 0.3) is 0 Å². The van der Waals surface area contributed by atoms with Crippen LogP contribution in [0.3, 0.4) is 0 Å². The minimum atomic E-state index is -0.284. The maximum absolute atomic E-state index is 13.5. The Morgan fingerprint density at radius 1 is 1.37 bits per heavy atom. The standard InChI is InChI=1S/C14H18FN3O/c1-11(19)5-4-7-13-10-18(17-16-13)9-12-6-2-3-8-14(12)15/h2-3,6,8,10-11,19H,4-5,7,9H2,1H3/t11-/m0/s1. The van der Waals surface area contributed by atoms with Gasteiger partial charge in [0.15, 0.2) is 0 Å². The van der Waals surface area contributed by atoms with E-state index in [0.717, 1.165) is 25.0 Å². The Kier molecular flexibility index (Phi) is 4.63. The molecule has 0 aliphatic carbocycles. The lowest BCUT2D eigenvalue weighted by atomic mass is 10.1. The molecule has 0 radical (unpaired) electrons. The van der Waals surface area contributed by atoms with Crippen LogP contribution < -0.4 is 0 Å². The van der Waals surface area contributed by atoms with Crippen LogP contribution in [-0.2, 0) is 13.0 Å². The minimum Gasteiger partial charge on any atom is -0.393 e. The molecule has 2 rings (SSSR count). The Morgan fingerprint density at radius 3 is 2.89 bits per heavy atom. The molecule has 1 N–H and O–H groups in total. The maximum atomic E-state index is 13.5. The van der Waals surface area contributed by atoms with Gasteiger partial charge in [-0.15, -0.1) is 5.10 Å². The second-order valence-corrected chi connectivity index (χ2v) is 4.74. The van der Waals surface area contributed by atoms with E-state index in [2.05, 4.69) is 10.3 Å². The SMILES string of the molecule is C[C@H](O)CCCc1cn(Cc2ccccc2F)nn1. The summed E-state index contributed by atoms with van der Waals surface area (Å²) in [6.45, 7) is 2.16. The summed E-state index contributed by atoms with van der Waals surface area (Å²) < 4.78 is 15.1. The molecule has 0 aliphatic heterocycles. The molecule has 4 nitrogen and oxygen atoms in total. The van der Waals surface area contributed by atoms with E-state index in [9.17, 15) is 9.50 Å². The number of rotatable bonds is 6. The van der Waals surface area contributed by atoms with Crippen LogP contribution in [0, 0.1) is 5.82 Å². The first-order valence-electron chi connectivity index (χ1n) is 6.45. The Labute approximate surface area is 111 Å². The van der Waals surface area contributed by atoms with Gasteiger partial charge in [0.05, 0.1) is 18.3 Å². The molecule has 19 heavy (non-hydrogen) atoms. The largest absolute Gasteiger partial charge is 0.393 e. The first-order chi connectivity index (χ1) is 9.15. The van der Waals surface area contributed by atoms with Gasteiger partial charge in [-0.2, -0.15) is 0 Å². The van der Waals surface area contributed by atoms with Crippen LogP contribution in [0.1, 0.15) is 31.0 Å². The molecule has 102 valence electrons. The molecule has 0 spiro atoms. The van der Waals surface area contributed by atoms with E-state index in [4.69, 9.17) is 0 Å². The van der Waals surface area contributed by atoms with E-state index in [1.807, 2.05) is 6.20 Å². The van der Waals surface area contributed by atoms with Gasteiger partial charge >= 0.3 is 0 Å². The Balaban J connectivity index is 1.92. The molecule has 2 aromatic rings. The number of hydrogen-bond donors (Lipinski definition) is 1. The van der Waals surface area contributed by atoms with Crippen LogP contribution in [0.2, 0.25) is 0 Å².